The molecule has 10 heteroatoms. The first kappa shape index (κ1) is 33.4. The van der Waals surface area contributed by atoms with E-state index in [9.17, 15) is 18.0 Å². The van der Waals surface area contributed by atoms with E-state index in [1.165, 1.54) is 16.7 Å². The van der Waals surface area contributed by atoms with Crippen molar-refractivity contribution in [3.05, 3.63) is 83.9 Å². The number of nitrogens with one attached hydrogen (secondary N) is 1. The molecule has 0 aromatic heterocycles. The van der Waals surface area contributed by atoms with Crippen LogP contribution in [0.4, 0.5) is 5.69 Å². The lowest BCUT2D eigenvalue weighted by atomic mass is 10.1. The van der Waals surface area contributed by atoms with Crippen LogP contribution in [0.25, 0.3) is 0 Å². The molecule has 2 amide bonds. The maximum Gasteiger partial charge on any atom is 0.264 e. The Bertz CT molecular complexity index is 1490. The van der Waals surface area contributed by atoms with Crippen molar-refractivity contribution in [1.29, 1.82) is 0 Å². The number of anilines is 1. The first-order valence-corrected chi connectivity index (χ1v) is 17.9. The average Bonchev–Trinajstić information content (AvgIpc) is 3.54. The second-order valence-electron chi connectivity index (χ2n) is 11.0. The molecule has 1 aliphatic rings. The zero-order valence-corrected chi connectivity index (χ0v) is 27.6. The van der Waals surface area contributed by atoms with E-state index in [0.29, 0.717) is 24.5 Å². The van der Waals surface area contributed by atoms with E-state index in [4.69, 9.17) is 4.74 Å². The van der Waals surface area contributed by atoms with Crippen molar-refractivity contribution in [3.8, 4) is 5.75 Å². The smallest absolute Gasteiger partial charge is 0.264 e. The number of thioether (sulfide) groups is 1. The maximum absolute atomic E-state index is 14.3. The van der Waals surface area contributed by atoms with Crippen molar-refractivity contribution >= 4 is 39.3 Å². The highest BCUT2D eigenvalue weighted by molar-refractivity contribution is 7.98. The number of aryl methyl sites for hydroxylation is 1. The van der Waals surface area contributed by atoms with Gasteiger partial charge in [-0.25, -0.2) is 8.42 Å². The van der Waals surface area contributed by atoms with Gasteiger partial charge in [0.05, 0.1) is 17.2 Å². The molecule has 1 fully saturated rings. The number of carbonyl (C=O) groups excluding carboxylic acids is 2. The summed E-state index contributed by atoms with van der Waals surface area (Å²) in [6, 6.07) is 20.4. The number of ether oxygens (including phenoxy) is 1. The first-order valence-electron chi connectivity index (χ1n) is 15.2. The molecular formula is C34H43N3O5S2. The summed E-state index contributed by atoms with van der Waals surface area (Å²) in [4.78, 5) is 30.4. The monoisotopic (exact) mass is 637 g/mol. The summed E-state index contributed by atoms with van der Waals surface area (Å²) in [6.07, 6.45) is 6.30. The van der Waals surface area contributed by atoms with Crippen molar-refractivity contribution in [2.24, 2.45) is 0 Å². The number of benzene rings is 3. The molecule has 0 radical (unpaired) electrons. The van der Waals surface area contributed by atoms with Crippen molar-refractivity contribution < 1.29 is 22.7 Å². The highest BCUT2D eigenvalue weighted by atomic mass is 32.2. The molecule has 1 atom stereocenters. The number of amides is 2. The van der Waals surface area contributed by atoms with Gasteiger partial charge >= 0.3 is 0 Å². The number of hydrogen-bond acceptors (Lipinski definition) is 6. The molecule has 0 bridgehead atoms. The second kappa shape index (κ2) is 15.5. The maximum atomic E-state index is 14.3. The molecule has 0 heterocycles. The molecule has 3 aromatic carbocycles. The van der Waals surface area contributed by atoms with Gasteiger partial charge < -0.3 is 15.0 Å². The van der Waals surface area contributed by atoms with Gasteiger partial charge in [-0.15, -0.1) is 11.8 Å². The molecular weight excluding hydrogens is 595 g/mol. The Morgan fingerprint density at radius 2 is 1.59 bits per heavy atom. The van der Waals surface area contributed by atoms with E-state index in [-0.39, 0.29) is 23.4 Å². The summed E-state index contributed by atoms with van der Waals surface area (Å²) in [5.74, 6) is -0.0694. The van der Waals surface area contributed by atoms with Crippen LogP contribution in [0.3, 0.4) is 0 Å². The Labute approximate surface area is 266 Å². The van der Waals surface area contributed by atoms with E-state index in [1.54, 1.807) is 48.5 Å². The Hall–Kier alpha value is -3.50. The molecule has 44 heavy (non-hydrogen) atoms. The summed E-state index contributed by atoms with van der Waals surface area (Å²) in [5, 5.41) is 3.15. The average molecular weight is 638 g/mol. The lowest BCUT2D eigenvalue weighted by Crippen LogP contribution is -2.53. The Kier molecular flexibility index (Phi) is 11.7. The van der Waals surface area contributed by atoms with Crippen molar-refractivity contribution in [3.63, 3.8) is 0 Å². The molecule has 1 saturated carbocycles. The SMILES string of the molecule is CCOc1ccc(N(CC(=O)N(Cc2ccc(C)cc2)[C@H](CC)C(=O)NC2CCCC2)S(=O)(=O)c2ccc(SC)cc2)cc1. The van der Waals surface area contributed by atoms with E-state index in [2.05, 4.69) is 5.32 Å². The third-order valence-corrected chi connectivity index (χ3v) is 10.5. The highest BCUT2D eigenvalue weighted by Gasteiger charge is 2.34. The standard InChI is InChI=1S/C34H43N3O5S2/c1-5-32(34(39)35-27-9-7-8-10-27)36(23-26-13-11-25(3)12-14-26)33(38)24-37(28-15-17-29(18-16-28)42-6-2)44(40,41)31-21-19-30(43-4)20-22-31/h11-22,27,32H,5-10,23-24H2,1-4H3,(H,35,39)/t32-/m1/s1. The fraction of sp³-hybridized carbons (Fsp3) is 0.412. The quantitative estimate of drug-likeness (QED) is 0.212. The van der Waals surface area contributed by atoms with Gasteiger partial charge in [0.25, 0.3) is 10.0 Å². The predicted molar refractivity (Wildman–Crippen MR) is 177 cm³/mol. The lowest BCUT2D eigenvalue weighted by Gasteiger charge is -2.34. The molecule has 3 aromatic rings. The molecule has 0 spiro atoms. The van der Waals surface area contributed by atoms with E-state index < -0.39 is 28.5 Å². The van der Waals surface area contributed by atoms with Crippen molar-refractivity contribution in [2.45, 2.75) is 81.3 Å². The Morgan fingerprint density at radius 1 is 0.955 bits per heavy atom. The molecule has 0 unspecified atom stereocenters. The van der Waals surface area contributed by atoms with E-state index in [1.807, 2.05) is 51.3 Å². The third kappa shape index (κ3) is 8.35. The van der Waals surface area contributed by atoms with Gasteiger partial charge in [0, 0.05) is 17.5 Å². The zero-order valence-electron chi connectivity index (χ0n) is 26.0. The van der Waals surface area contributed by atoms with Crippen LogP contribution in [-0.2, 0) is 26.2 Å². The van der Waals surface area contributed by atoms with Gasteiger partial charge in [-0.1, -0.05) is 49.6 Å². The van der Waals surface area contributed by atoms with Gasteiger partial charge in [0.2, 0.25) is 11.8 Å². The zero-order chi connectivity index (χ0) is 31.7. The van der Waals surface area contributed by atoms with Gasteiger partial charge in [-0.2, -0.15) is 0 Å². The van der Waals surface area contributed by atoms with Crippen LogP contribution in [0, 0.1) is 6.92 Å². The van der Waals surface area contributed by atoms with Gasteiger partial charge in [-0.3, -0.25) is 13.9 Å². The Balaban J connectivity index is 1.71. The molecule has 4 rings (SSSR count). The van der Waals surface area contributed by atoms with Crippen LogP contribution in [0.15, 0.2) is 82.6 Å². The number of sulfonamides is 1. The third-order valence-electron chi connectivity index (χ3n) is 7.92. The minimum atomic E-state index is -4.15. The van der Waals surface area contributed by atoms with Crippen LogP contribution in [0.2, 0.25) is 0 Å². The number of hydrogen-bond donors (Lipinski definition) is 1. The largest absolute Gasteiger partial charge is 0.494 e. The summed E-state index contributed by atoms with van der Waals surface area (Å²) in [7, 11) is -4.15. The number of nitrogens with zero attached hydrogens (tertiary/aromatic N) is 2. The van der Waals surface area contributed by atoms with Gasteiger partial charge in [0.15, 0.2) is 0 Å². The molecule has 8 nitrogen and oxygen atoms in total. The normalized spacial score (nSPS) is 14.2. The summed E-state index contributed by atoms with van der Waals surface area (Å²) >= 11 is 1.51. The van der Waals surface area contributed by atoms with E-state index in [0.717, 1.165) is 46.0 Å². The summed E-state index contributed by atoms with van der Waals surface area (Å²) in [6.45, 7) is 5.91. The van der Waals surface area contributed by atoms with Crippen LogP contribution in [0.1, 0.15) is 57.1 Å². The van der Waals surface area contributed by atoms with Crippen molar-refractivity contribution in [2.75, 3.05) is 23.7 Å². The second-order valence-corrected chi connectivity index (χ2v) is 13.8. The minimum absolute atomic E-state index is 0.0769. The van der Waals surface area contributed by atoms with Crippen LogP contribution >= 0.6 is 11.8 Å². The fourth-order valence-electron chi connectivity index (χ4n) is 5.46. The number of rotatable bonds is 14. The van der Waals surface area contributed by atoms with Crippen LogP contribution in [0.5, 0.6) is 5.75 Å². The Morgan fingerprint density at radius 3 is 2.16 bits per heavy atom. The highest BCUT2D eigenvalue weighted by Crippen LogP contribution is 2.28. The topological polar surface area (TPSA) is 96.0 Å². The molecule has 1 aliphatic carbocycles. The van der Waals surface area contributed by atoms with Gasteiger partial charge in [0.1, 0.15) is 18.3 Å². The molecule has 0 saturated heterocycles. The van der Waals surface area contributed by atoms with E-state index >= 15 is 0 Å². The lowest BCUT2D eigenvalue weighted by molar-refractivity contribution is -0.140. The summed E-state index contributed by atoms with van der Waals surface area (Å²) in [5.41, 5.74) is 2.27. The first-order chi connectivity index (χ1) is 21.2. The molecule has 1 N–H and O–H groups in total. The molecule has 0 aliphatic heterocycles. The predicted octanol–water partition coefficient (Wildman–Crippen LogP) is 6.18. The summed E-state index contributed by atoms with van der Waals surface area (Å²) < 4.78 is 35.0. The van der Waals surface area contributed by atoms with Gasteiger partial charge in [-0.05, 0) is 93.5 Å². The fourth-order valence-corrected chi connectivity index (χ4v) is 7.28. The molecule has 236 valence electrons. The number of carbonyl (C=O) groups is 2. The van der Waals surface area contributed by atoms with Crippen LogP contribution in [-0.4, -0.2) is 56.6 Å². The van der Waals surface area contributed by atoms with Crippen LogP contribution < -0.4 is 14.4 Å². The minimum Gasteiger partial charge on any atom is -0.494 e. The van der Waals surface area contributed by atoms with Crippen molar-refractivity contribution in [1.82, 2.24) is 10.2 Å².